The van der Waals surface area contributed by atoms with Gasteiger partial charge in [0.25, 0.3) is 5.91 Å². The summed E-state index contributed by atoms with van der Waals surface area (Å²) in [7, 11) is 0. The number of hydrogen-bond acceptors (Lipinski definition) is 4. The number of aliphatic imine (C=N–C) groups is 1. The zero-order chi connectivity index (χ0) is 19.9. The van der Waals surface area contributed by atoms with Crippen LogP contribution in [0.3, 0.4) is 0 Å². The molecule has 1 amide bonds. The van der Waals surface area contributed by atoms with E-state index in [0.717, 1.165) is 34.5 Å². The Labute approximate surface area is 161 Å². The van der Waals surface area contributed by atoms with E-state index >= 15 is 0 Å². The Morgan fingerprint density at radius 3 is 2.43 bits per heavy atom. The number of amidine groups is 2. The van der Waals surface area contributed by atoms with Gasteiger partial charge in [0.15, 0.2) is 5.84 Å². The zero-order valence-corrected chi connectivity index (χ0v) is 14.9. The van der Waals surface area contributed by atoms with Crippen LogP contribution >= 0.6 is 11.8 Å². The molecule has 2 aromatic rings. The fourth-order valence-electron chi connectivity index (χ4n) is 2.73. The second-order valence-corrected chi connectivity index (χ2v) is 6.83. The number of alkyl halides is 3. The smallest absolute Gasteiger partial charge is 0.282 e. The third kappa shape index (κ3) is 3.24. The normalized spacial score (nSPS) is 18.2. The van der Waals surface area contributed by atoms with E-state index in [-0.39, 0.29) is 22.1 Å². The van der Waals surface area contributed by atoms with Crippen LogP contribution in [0.25, 0.3) is 6.08 Å². The van der Waals surface area contributed by atoms with Crippen LogP contribution in [0.2, 0.25) is 0 Å². The largest absolute Gasteiger partial charge is 0.416 e. The van der Waals surface area contributed by atoms with Gasteiger partial charge in [0.2, 0.25) is 5.17 Å². The van der Waals surface area contributed by atoms with E-state index in [1.807, 2.05) is 30.3 Å². The monoisotopic (exact) mass is 400 g/mol. The molecule has 2 heterocycles. The van der Waals surface area contributed by atoms with E-state index in [1.54, 1.807) is 0 Å². The molecule has 2 aliphatic rings. The minimum atomic E-state index is -4.58. The summed E-state index contributed by atoms with van der Waals surface area (Å²) in [5, 5.41) is 14.5. The lowest BCUT2D eigenvalue weighted by Crippen LogP contribution is -2.35. The SMILES string of the molecule is N=C1C(=Cc2ccccc2C(F)(F)F)C(=O)N=C2SC(c3ccccc3)=NN12. The molecule has 0 aromatic heterocycles. The van der Waals surface area contributed by atoms with Crippen molar-refractivity contribution in [2.75, 3.05) is 0 Å². The van der Waals surface area contributed by atoms with Gasteiger partial charge in [-0.2, -0.15) is 28.3 Å². The summed E-state index contributed by atoms with van der Waals surface area (Å²) in [5.41, 5.74) is -0.556. The molecule has 2 aromatic carbocycles. The summed E-state index contributed by atoms with van der Waals surface area (Å²) in [4.78, 5) is 16.3. The third-order valence-corrected chi connectivity index (χ3v) is 5.00. The van der Waals surface area contributed by atoms with Crippen molar-refractivity contribution in [3.63, 3.8) is 0 Å². The Hall–Kier alpha value is -3.20. The molecule has 1 N–H and O–H groups in total. The summed E-state index contributed by atoms with van der Waals surface area (Å²) >= 11 is 1.13. The molecule has 5 nitrogen and oxygen atoms in total. The summed E-state index contributed by atoms with van der Waals surface area (Å²) in [6, 6.07) is 14.0. The quantitative estimate of drug-likeness (QED) is 0.761. The lowest BCUT2D eigenvalue weighted by Gasteiger charge is -2.20. The van der Waals surface area contributed by atoms with Crippen molar-refractivity contribution in [1.82, 2.24) is 5.01 Å². The first-order chi connectivity index (χ1) is 13.3. The molecule has 4 rings (SSSR count). The highest BCUT2D eigenvalue weighted by atomic mass is 32.2. The molecule has 0 fully saturated rings. The first kappa shape index (κ1) is 18.2. The van der Waals surface area contributed by atoms with Crippen LogP contribution < -0.4 is 0 Å². The van der Waals surface area contributed by atoms with Crippen molar-refractivity contribution in [1.29, 1.82) is 5.41 Å². The average Bonchev–Trinajstić information content (AvgIpc) is 3.09. The third-order valence-electron chi connectivity index (χ3n) is 4.04. The van der Waals surface area contributed by atoms with Crippen molar-refractivity contribution in [2.24, 2.45) is 10.1 Å². The maximum Gasteiger partial charge on any atom is 0.416 e. The number of hydrogen-bond donors (Lipinski definition) is 1. The van der Waals surface area contributed by atoms with Gasteiger partial charge >= 0.3 is 6.18 Å². The van der Waals surface area contributed by atoms with Crippen LogP contribution in [0, 0.1) is 5.41 Å². The predicted molar refractivity (Wildman–Crippen MR) is 102 cm³/mol. The fourth-order valence-corrected chi connectivity index (χ4v) is 3.62. The van der Waals surface area contributed by atoms with Crippen molar-refractivity contribution >= 4 is 39.8 Å². The lowest BCUT2D eigenvalue weighted by molar-refractivity contribution is -0.137. The maximum absolute atomic E-state index is 13.2. The van der Waals surface area contributed by atoms with Crippen LogP contribution in [-0.4, -0.2) is 27.0 Å². The Bertz CT molecular complexity index is 1070. The molecular formula is C19H11F3N4OS. The number of amides is 1. The molecule has 0 unspecified atom stereocenters. The number of hydrazone groups is 1. The number of benzene rings is 2. The Balaban J connectivity index is 1.73. The molecule has 9 heteroatoms. The lowest BCUT2D eigenvalue weighted by atomic mass is 10.0. The molecule has 0 saturated carbocycles. The van der Waals surface area contributed by atoms with Gasteiger partial charge in [-0.15, -0.1) is 0 Å². The number of fused-ring (bicyclic) bond motifs is 1. The van der Waals surface area contributed by atoms with E-state index in [1.165, 1.54) is 18.2 Å². The molecule has 2 aliphatic heterocycles. The molecule has 140 valence electrons. The van der Waals surface area contributed by atoms with E-state index in [2.05, 4.69) is 10.1 Å². The minimum absolute atomic E-state index is 0.204. The van der Waals surface area contributed by atoms with Crippen molar-refractivity contribution in [3.05, 3.63) is 76.9 Å². The molecule has 0 spiro atoms. The highest BCUT2D eigenvalue weighted by Gasteiger charge is 2.37. The first-order valence-corrected chi connectivity index (χ1v) is 8.88. The van der Waals surface area contributed by atoms with Gasteiger partial charge in [0, 0.05) is 5.56 Å². The highest BCUT2D eigenvalue weighted by molar-refractivity contribution is 8.27. The summed E-state index contributed by atoms with van der Waals surface area (Å²) < 4.78 is 39.7. The van der Waals surface area contributed by atoms with Crippen LogP contribution in [-0.2, 0) is 11.0 Å². The number of halogens is 3. The van der Waals surface area contributed by atoms with Crippen LogP contribution in [0.1, 0.15) is 16.7 Å². The van der Waals surface area contributed by atoms with E-state index < -0.39 is 17.6 Å². The number of carbonyl (C=O) groups excluding carboxylic acids is 1. The topological polar surface area (TPSA) is 68.9 Å². The Kier molecular flexibility index (Phi) is 4.38. The number of rotatable bonds is 2. The average molecular weight is 400 g/mol. The molecular weight excluding hydrogens is 389 g/mol. The van der Waals surface area contributed by atoms with E-state index in [9.17, 15) is 18.0 Å². The van der Waals surface area contributed by atoms with Crippen LogP contribution in [0.15, 0.2) is 70.3 Å². The number of nitrogens with zero attached hydrogens (tertiary/aromatic N) is 3. The molecule has 0 bridgehead atoms. The molecule has 0 radical (unpaired) electrons. The van der Waals surface area contributed by atoms with E-state index in [4.69, 9.17) is 5.41 Å². The van der Waals surface area contributed by atoms with Crippen molar-refractivity contribution in [2.45, 2.75) is 6.18 Å². The Morgan fingerprint density at radius 2 is 1.71 bits per heavy atom. The molecule has 0 atom stereocenters. The van der Waals surface area contributed by atoms with Crippen LogP contribution in [0.5, 0.6) is 0 Å². The summed E-state index contributed by atoms with van der Waals surface area (Å²) in [6.07, 6.45) is -3.54. The van der Waals surface area contributed by atoms with Gasteiger partial charge in [-0.3, -0.25) is 10.2 Å². The molecule has 0 saturated heterocycles. The van der Waals surface area contributed by atoms with Gasteiger partial charge in [-0.1, -0.05) is 48.5 Å². The van der Waals surface area contributed by atoms with Gasteiger partial charge in [-0.25, -0.2) is 0 Å². The second kappa shape index (κ2) is 6.75. The Morgan fingerprint density at radius 1 is 1.04 bits per heavy atom. The van der Waals surface area contributed by atoms with E-state index in [0.29, 0.717) is 5.04 Å². The van der Waals surface area contributed by atoms with Crippen molar-refractivity contribution in [3.8, 4) is 0 Å². The van der Waals surface area contributed by atoms with Gasteiger partial charge in [-0.05, 0) is 29.5 Å². The van der Waals surface area contributed by atoms with Crippen molar-refractivity contribution < 1.29 is 18.0 Å². The van der Waals surface area contributed by atoms with Gasteiger partial charge in [0.1, 0.15) is 5.04 Å². The second-order valence-electron chi connectivity index (χ2n) is 5.88. The van der Waals surface area contributed by atoms with Crippen LogP contribution in [0.4, 0.5) is 13.2 Å². The zero-order valence-electron chi connectivity index (χ0n) is 14.1. The van der Waals surface area contributed by atoms with Gasteiger partial charge < -0.3 is 0 Å². The number of carbonyl (C=O) groups is 1. The standard InChI is InChI=1S/C19H11F3N4OS/c20-19(21,22)14-9-5-4-8-12(14)10-13-15(23)26-18(24-16(13)27)28-17(25-26)11-6-2-1-3-7-11/h1-10,23H. The highest BCUT2D eigenvalue weighted by Crippen LogP contribution is 2.35. The first-order valence-electron chi connectivity index (χ1n) is 8.06. The molecule has 0 aliphatic carbocycles. The maximum atomic E-state index is 13.2. The number of nitrogens with one attached hydrogen (secondary N) is 1. The molecule has 28 heavy (non-hydrogen) atoms. The minimum Gasteiger partial charge on any atom is -0.282 e. The summed E-state index contributed by atoms with van der Waals surface area (Å²) in [5.74, 6) is -1.09. The predicted octanol–water partition coefficient (Wildman–Crippen LogP) is 4.37. The number of thioether (sulfide) groups is 1. The summed E-state index contributed by atoms with van der Waals surface area (Å²) in [6.45, 7) is 0. The van der Waals surface area contributed by atoms with Gasteiger partial charge in [0.05, 0.1) is 11.1 Å². The fraction of sp³-hybridized carbons (Fsp3) is 0.0526.